The molecule has 0 aliphatic heterocycles. The first kappa shape index (κ1) is 15.7. The molecule has 2 aromatic rings. The molecular formula is C14H7BrClF3N2. The van der Waals surface area contributed by atoms with Gasteiger partial charge in [-0.05, 0) is 52.3 Å². The number of nitriles is 1. The maximum Gasteiger partial charge on any atom is 0.418 e. The van der Waals surface area contributed by atoms with Crippen LogP contribution in [0, 0.1) is 11.3 Å². The van der Waals surface area contributed by atoms with Gasteiger partial charge in [-0.2, -0.15) is 18.4 Å². The summed E-state index contributed by atoms with van der Waals surface area (Å²) in [6.07, 6.45) is -4.52. The lowest BCUT2D eigenvalue weighted by atomic mass is 10.1. The zero-order chi connectivity index (χ0) is 15.6. The van der Waals surface area contributed by atoms with E-state index in [2.05, 4.69) is 21.2 Å². The van der Waals surface area contributed by atoms with Gasteiger partial charge in [0.25, 0.3) is 0 Å². The molecule has 2 aromatic carbocycles. The Morgan fingerprint density at radius 3 is 2.33 bits per heavy atom. The molecule has 2 nitrogen and oxygen atoms in total. The first-order valence-electron chi connectivity index (χ1n) is 5.64. The van der Waals surface area contributed by atoms with Crippen LogP contribution in [0.1, 0.15) is 11.1 Å². The SMILES string of the molecule is N#Cc1ccc(Nc2ccc(Cl)cc2C(F)(F)F)c(Br)c1. The number of nitrogens with one attached hydrogen (secondary N) is 1. The zero-order valence-corrected chi connectivity index (χ0v) is 12.6. The number of benzene rings is 2. The van der Waals surface area contributed by atoms with Crippen LogP contribution in [0.15, 0.2) is 40.9 Å². The Balaban J connectivity index is 2.43. The first-order chi connectivity index (χ1) is 9.81. The van der Waals surface area contributed by atoms with Gasteiger partial charge in [0, 0.05) is 9.50 Å². The molecule has 2 rings (SSSR count). The van der Waals surface area contributed by atoms with E-state index in [1.54, 1.807) is 0 Å². The highest BCUT2D eigenvalue weighted by atomic mass is 79.9. The van der Waals surface area contributed by atoms with Crippen molar-refractivity contribution in [2.75, 3.05) is 5.32 Å². The largest absolute Gasteiger partial charge is 0.418 e. The molecule has 0 aromatic heterocycles. The number of nitrogens with zero attached hydrogens (tertiary/aromatic N) is 1. The van der Waals surface area contributed by atoms with Gasteiger partial charge >= 0.3 is 6.18 Å². The van der Waals surface area contributed by atoms with Crippen molar-refractivity contribution >= 4 is 38.9 Å². The molecule has 0 saturated carbocycles. The molecule has 0 unspecified atom stereocenters. The van der Waals surface area contributed by atoms with Crippen molar-refractivity contribution in [2.24, 2.45) is 0 Å². The van der Waals surface area contributed by atoms with Gasteiger partial charge in [-0.15, -0.1) is 0 Å². The van der Waals surface area contributed by atoms with Crippen LogP contribution in [0.25, 0.3) is 0 Å². The number of halogens is 5. The minimum atomic E-state index is -4.52. The molecule has 21 heavy (non-hydrogen) atoms. The molecule has 7 heteroatoms. The minimum absolute atomic E-state index is 0.00627. The maximum atomic E-state index is 13.0. The number of hydrogen-bond donors (Lipinski definition) is 1. The average molecular weight is 376 g/mol. The highest BCUT2D eigenvalue weighted by Gasteiger charge is 2.33. The van der Waals surface area contributed by atoms with Crippen molar-refractivity contribution in [3.63, 3.8) is 0 Å². The summed E-state index contributed by atoms with van der Waals surface area (Å²) in [5, 5.41) is 11.5. The first-order valence-corrected chi connectivity index (χ1v) is 6.82. The lowest BCUT2D eigenvalue weighted by Crippen LogP contribution is -2.09. The second kappa shape index (κ2) is 5.96. The van der Waals surface area contributed by atoms with Crippen LogP contribution in [-0.2, 0) is 6.18 Å². The monoisotopic (exact) mass is 374 g/mol. The fourth-order valence-electron chi connectivity index (χ4n) is 1.69. The van der Waals surface area contributed by atoms with E-state index >= 15 is 0 Å². The lowest BCUT2D eigenvalue weighted by Gasteiger charge is -2.16. The molecule has 0 spiro atoms. The third-order valence-corrected chi connectivity index (χ3v) is 3.55. The Kier molecular flexibility index (Phi) is 4.45. The zero-order valence-electron chi connectivity index (χ0n) is 10.3. The van der Waals surface area contributed by atoms with Crippen LogP contribution < -0.4 is 5.32 Å². The standard InChI is InChI=1S/C14H7BrClF3N2/c15-11-5-8(7-20)1-3-13(11)21-12-4-2-9(16)6-10(12)14(17,18)19/h1-6,21H. The molecule has 0 amide bonds. The topological polar surface area (TPSA) is 35.8 Å². The van der Waals surface area contributed by atoms with Gasteiger partial charge in [-0.3, -0.25) is 0 Å². The summed E-state index contributed by atoms with van der Waals surface area (Å²) in [6, 6.07) is 10.00. The van der Waals surface area contributed by atoms with Crippen LogP contribution in [-0.4, -0.2) is 0 Å². The Hall–Kier alpha value is -1.71. The summed E-state index contributed by atoms with van der Waals surface area (Å²) in [4.78, 5) is 0. The summed E-state index contributed by atoms with van der Waals surface area (Å²) in [5.74, 6) is 0. The highest BCUT2D eigenvalue weighted by Crippen LogP contribution is 2.38. The van der Waals surface area contributed by atoms with E-state index in [1.165, 1.54) is 30.3 Å². The normalized spacial score (nSPS) is 11.0. The van der Waals surface area contributed by atoms with E-state index in [0.29, 0.717) is 15.7 Å². The molecule has 0 saturated heterocycles. The second-order valence-corrected chi connectivity index (χ2v) is 5.41. The smallest absolute Gasteiger partial charge is 0.354 e. The Bertz CT molecular complexity index is 723. The number of anilines is 2. The average Bonchev–Trinajstić information content (AvgIpc) is 2.41. The van der Waals surface area contributed by atoms with Crippen molar-refractivity contribution in [2.45, 2.75) is 6.18 Å². The summed E-state index contributed by atoms with van der Waals surface area (Å²) < 4.78 is 39.5. The Labute approximate surface area is 132 Å². The van der Waals surface area contributed by atoms with Crippen molar-refractivity contribution in [1.82, 2.24) is 0 Å². The summed E-state index contributed by atoms with van der Waals surface area (Å²) in [6.45, 7) is 0. The summed E-state index contributed by atoms with van der Waals surface area (Å²) in [7, 11) is 0. The summed E-state index contributed by atoms with van der Waals surface area (Å²) in [5.41, 5.74) is -0.148. The van der Waals surface area contributed by atoms with E-state index in [9.17, 15) is 13.2 Å². The maximum absolute atomic E-state index is 13.0. The van der Waals surface area contributed by atoms with E-state index in [4.69, 9.17) is 16.9 Å². The molecule has 0 fully saturated rings. The quantitative estimate of drug-likeness (QED) is 0.727. The van der Waals surface area contributed by atoms with Gasteiger partial charge in [-0.25, -0.2) is 0 Å². The van der Waals surface area contributed by atoms with Gasteiger partial charge in [0.05, 0.1) is 28.6 Å². The highest BCUT2D eigenvalue weighted by molar-refractivity contribution is 9.10. The van der Waals surface area contributed by atoms with Crippen molar-refractivity contribution in [3.8, 4) is 6.07 Å². The Morgan fingerprint density at radius 2 is 1.76 bits per heavy atom. The predicted molar refractivity (Wildman–Crippen MR) is 78.6 cm³/mol. The molecular weight excluding hydrogens is 369 g/mol. The predicted octanol–water partition coefficient (Wildman–Crippen LogP) is 5.74. The molecule has 0 atom stereocenters. The number of alkyl halides is 3. The fraction of sp³-hybridized carbons (Fsp3) is 0.0714. The third kappa shape index (κ3) is 3.69. The molecule has 108 valence electrons. The fourth-order valence-corrected chi connectivity index (χ4v) is 2.34. The van der Waals surface area contributed by atoms with Crippen molar-refractivity contribution < 1.29 is 13.2 Å². The van der Waals surface area contributed by atoms with E-state index in [1.807, 2.05) is 6.07 Å². The van der Waals surface area contributed by atoms with Crippen LogP contribution >= 0.6 is 27.5 Å². The van der Waals surface area contributed by atoms with Crippen LogP contribution in [0.4, 0.5) is 24.5 Å². The number of hydrogen-bond acceptors (Lipinski definition) is 2. The molecule has 0 aliphatic rings. The van der Waals surface area contributed by atoms with Gasteiger partial charge in [0.1, 0.15) is 0 Å². The van der Waals surface area contributed by atoms with Crippen LogP contribution in [0.3, 0.4) is 0 Å². The van der Waals surface area contributed by atoms with Crippen LogP contribution in [0.5, 0.6) is 0 Å². The van der Waals surface area contributed by atoms with Gasteiger partial charge in [0.2, 0.25) is 0 Å². The molecule has 0 heterocycles. The van der Waals surface area contributed by atoms with E-state index in [-0.39, 0.29) is 10.7 Å². The van der Waals surface area contributed by atoms with Crippen LogP contribution in [0.2, 0.25) is 5.02 Å². The Morgan fingerprint density at radius 1 is 1.10 bits per heavy atom. The van der Waals surface area contributed by atoms with Gasteiger partial charge < -0.3 is 5.32 Å². The van der Waals surface area contributed by atoms with Gasteiger partial charge in [-0.1, -0.05) is 11.6 Å². The molecule has 0 radical (unpaired) electrons. The second-order valence-electron chi connectivity index (χ2n) is 4.12. The molecule has 0 aliphatic carbocycles. The van der Waals surface area contributed by atoms with E-state index < -0.39 is 11.7 Å². The van der Waals surface area contributed by atoms with Crippen molar-refractivity contribution in [1.29, 1.82) is 5.26 Å². The third-order valence-electron chi connectivity index (χ3n) is 2.65. The van der Waals surface area contributed by atoms with Crippen molar-refractivity contribution in [3.05, 3.63) is 57.0 Å². The minimum Gasteiger partial charge on any atom is -0.354 e. The molecule has 1 N–H and O–H groups in total. The molecule has 0 bridgehead atoms. The lowest BCUT2D eigenvalue weighted by molar-refractivity contribution is -0.136. The van der Waals surface area contributed by atoms with Gasteiger partial charge in [0.15, 0.2) is 0 Å². The summed E-state index contributed by atoms with van der Waals surface area (Å²) >= 11 is 8.84. The van der Waals surface area contributed by atoms with E-state index in [0.717, 1.165) is 6.07 Å². The number of rotatable bonds is 2.